The van der Waals surface area contributed by atoms with Crippen molar-refractivity contribution in [3.63, 3.8) is 0 Å². The zero-order chi connectivity index (χ0) is 26.0. The standard InChI is InChI=1S/C27H28F3NO5/c1-2-25(32)35-15-9-7-5-3-4-6-8-14-34-24-17-20-16-22(26(33)36-23(20)18-31-24)19-10-12-21(13-11-19)27(28,29)30/h2,10-13,16-18H,1,3-9,14-15H2. The number of esters is 1. The molecule has 0 unspecified atom stereocenters. The zero-order valence-corrected chi connectivity index (χ0v) is 19.8. The highest BCUT2D eigenvalue weighted by Crippen LogP contribution is 2.31. The number of aromatic nitrogens is 1. The van der Waals surface area contributed by atoms with E-state index in [2.05, 4.69) is 11.6 Å². The van der Waals surface area contributed by atoms with E-state index in [1.54, 1.807) is 12.1 Å². The number of unbranched alkanes of at least 4 members (excludes halogenated alkanes) is 6. The van der Waals surface area contributed by atoms with Gasteiger partial charge in [-0.2, -0.15) is 13.2 Å². The predicted molar refractivity (Wildman–Crippen MR) is 130 cm³/mol. The first kappa shape index (κ1) is 27.0. The zero-order valence-electron chi connectivity index (χ0n) is 19.8. The third kappa shape index (κ3) is 7.96. The molecule has 0 aliphatic carbocycles. The van der Waals surface area contributed by atoms with Gasteiger partial charge in [0.1, 0.15) is 0 Å². The van der Waals surface area contributed by atoms with Crippen LogP contribution in [0.25, 0.3) is 22.1 Å². The van der Waals surface area contributed by atoms with Crippen LogP contribution in [0.3, 0.4) is 0 Å². The van der Waals surface area contributed by atoms with Crippen molar-refractivity contribution in [1.29, 1.82) is 0 Å². The normalized spacial score (nSPS) is 11.4. The molecule has 0 N–H and O–H groups in total. The minimum absolute atomic E-state index is 0.159. The molecule has 36 heavy (non-hydrogen) atoms. The van der Waals surface area contributed by atoms with E-state index in [1.807, 2.05) is 0 Å². The summed E-state index contributed by atoms with van der Waals surface area (Å²) >= 11 is 0. The van der Waals surface area contributed by atoms with Crippen molar-refractivity contribution < 1.29 is 31.9 Å². The molecule has 3 aromatic rings. The minimum Gasteiger partial charge on any atom is -0.478 e. The monoisotopic (exact) mass is 503 g/mol. The average Bonchev–Trinajstić information content (AvgIpc) is 2.86. The fourth-order valence-corrected chi connectivity index (χ4v) is 3.62. The van der Waals surface area contributed by atoms with Gasteiger partial charge in [0.25, 0.3) is 0 Å². The molecule has 0 spiro atoms. The van der Waals surface area contributed by atoms with Gasteiger partial charge in [0.2, 0.25) is 5.88 Å². The molecular weight excluding hydrogens is 475 g/mol. The lowest BCUT2D eigenvalue weighted by molar-refractivity contribution is -0.138. The van der Waals surface area contributed by atoms with Crippen LogP contribution in [0, 0.1) is 0 Å². The quantitative estimate of drug-likeness (QED) is 0.147. The van der Waals surface area contributed by atoms with Crippen molar-refractivity contribution in [3.05, 3.63) is 71.2 Å². The minimum atomic E-state index is -4.45. The van der Waals surface area contributed by atoms with Gasteiger partial charge in [-0.1, -0.05) is 50.8 Å². The highest BCUT2D eigenvalue weighted by atomic mass is 19.4. The number of pyridine rings is 1. The fourth-order valence-electron chi connectivity index (χ4n) is 3.62. The Balaban J connectivity index is 1.46. The number of rotatable bonds is 13. The molecule has 1 aromatic carbocycles. The van der Waals surface area contributed by atoms with Gasteiger partial charge in [-0.05, 0) is 36.6 Å². The number of hydrogen-bond acceptors (Lipinski definition) is 6. The molecule has 0 radical (unpaired) electrons. The van der Waals surface area contributed by atoms with Gasteiger partial charge < -0.3 is 13.9 Å². The number of nitrogens with zero attached hydrogens (tertiary/aromatic N) is 1. The van der Waals surface area contributed by atoms with Crippen molar-refractivity contribution in [2.45, 2.75) is 51.1 Å². The van der Waals surface area contributed by atoms with Crippen molar-refractivity contribution in [1.82, 2.24) is 4.98 Å². The molecule has 0 aliphatic heterocycles. The van der Waals surface area contributed by atoms with Crippen LogP contribution in [0.5, 0.6) is 5.88 Å². The van der Waals surface area contributed by atoms with Crippen LogP contribution in [-0.4, -0.2) is 24.2 Å². The molecule has 0 bridgehead atoms. The second kappa shape index (κ2) is 12.9. The molecular formula is C27H28F3NO5. The maximum Gasteiger partial charge on any atom is 0.416 e. The topological polar surface area (TPSA) is 78.6 Å². The molecule has 2 heterocycles. The van der Waals surface area contributed by atoms with E-state index < -0.39 is 17.4 Å². The number of ether oxygens (including phenoxy) is 2. The van der Waals surface area contributed by atoms with E-state index in [-0.39, 0.29) is 17.1 Å². The van der Waals surface area contributed by atoms with Crippen molar-refractivity contribution in [2.24, 2.45) is 0 Å². The van der Waals surface area contributed by atoms with Gasteiger partial charge in [0.15, 0.2) is 5.58 Å². The van der Waals surface area contributed by atoms with Crippen LogP contribution in [0.4, 0.5) is 13.2 Å². The van der Waals surface area contributed by atoms with Crippen LogP contribution < -0.4 is 10.4 Å². The molecule has 0 amide bonds. The Bertz CT molecular complexity index is 1220. The number of carbonyl (C=O) groups excluding carboxylic acids is 1. The number of alkyl halides is 3. The lowest BCUT2D eigenvalue weighted by atomic mass is 10.0. The third-order valence-electron chi connectivity index (χ3n) is 5.57. The van der Waals surface area contributed by atoms with Crippen molar-refractivity contribution in [2.75, 3.05) is 13.2 Å². The molecule has 2 aromatic heterocycles. The Hall–Kier alpha value is -3.62. The maximum absolute atomic E-state index is 12.8. The molecule has 9 heteroatoms. The average molecular weight is 504 g/mol. The number of fused-ring (bicyclic) bond motifs is 1. The van der Waals surface area contributed by atoms with Crippen LogP contribution >= 0.6 is 0 Å². The largest absolute Gasteiger partial charge is 0.478 e. The Kier molecular flexibility index (Phi) is 9.67. The van der Waals surface area contributed by atoms with E-state index >= 15 is 0 Å². The van der Waals surface area contributed by atoms with E-state index in [4.69, 9.17) is 13.9 Å². The Morgan fingerprint density at radius 2 is 1.61 bits per heavy atom. The molecule has 0 saturated carbocycles. The molecule has 3 rings (SSSR count). The summed E-state index contributed by atoms with van der Waals surface area (Å²) in [6.45, 7) is 4.26. The summed E-state index contributed by atoms with van der Waals surface area (Å²) in [6.07, 6.45) is 5.06. The van der Waals surface area contributed by atoms with E-state index in [0.717, 1.165) is 63.2 Å². The molecule has 0 fully saturated rings. The first-order chi connectivity index (χ1) is 17.3. The summed E-state index contributed by atoms with van der Waals surface area (Å²) in [5, 5.41) is 0.563. The summed E-state index contributed by atoms with van der Waals surface area (Å²) in [5.41, 5.74) is -0.691. The third-order valence-corrected chi connectivity index (χ3v) is 5.57. The number of halogens is 3. The Morgan fingerprint density at radius 3 is 2.25 bits per heavy atom. The van der Waals surface area contributed by atoms with Crippen molar-refractivity contribution >= 4 is 16.9 Å². The van der Waals surface area contributed by atoms with E-state index in [9.17, 15) is 22.8 Å². The van der Waals surface area contributed by atoms with Crippen LogP contribution in [0.2, 0.25) is 0 Å². The first-order valence-corrected chi connectivity index (χ1v) is 11.8. The molecule has 6 nitrogen and oxygen atoms in total. The SMILES string of the molecule is C=CC(=O)OCCCCCCCCCOc1cc2cc(-c3ccc(C(F)(F)F)cc3)c(=O)oc2cn1. The van der Waals surface area contributed by atoms with Gasteiger partial charge >= 0.3 is 17.8 Å². The fraction of sp³-hybridized carbons (Fsp3) is 0.370. The van der Waals surface area contributed by atoms with E-state index in [1.165, 1.54) is 18.3 Å². The number of benzene rings is 1. The number of carbonyl (C=O) groups is 1. The predicted octanol–water partition coefficient (Wildman–Crippen LogP) is 6.71. The Morgan fingerprint density at radius 1 is 0.972 bits per heavy atom. The summed E-state index contributed by atoms with van der Waals surface area (Å²) in [6, 6.07) is 7.57. The van der Waals surface area contributed by atoms with Crippen LogP contribution in [0.15, 0.2) is 64.5 Å². The summed E-state index contributed by atoms with van der Waals surface area (Å²) in [4.78, 5) is 27.4. The number of hydrogen-bond donors (Lipinski definition) is 0. The van der Waals surface area contributed by atoms with Gasteiger partial charge in [-0.25, -0.2) is 14.6 Å². The van der Waals surface area contributed by atoms with Gasteiger partial charge in [-0.3, -0.25) is 0 Å². The molecule has 0 atom stereocenters. The van der Waals surface area contributed by atoms with Crippen LogP contribution in [-0.2, 0) is 15.7 Å². The second-order valence-corrected chi connectivity index (χ2v) is 8.28. The molecule has 0 aliphatic rings. The smallest absolute Gasteiger partial charge is 0.416 e. The van der Waals surface area contributed by atoms with Crippen LogP contribution in [0.1, 0.15) is 50.5 Å². The summed E-state index contributed by atoms with van der Waals surface area (Å²) in [7, 11) is 0. The van der Waals surface area contributed by atoms with Gasteiger partial charge in [-0.15, -0.1) is 0 Å². The highest BCUT2D eigenvalue weighted by molar-refractivity contribution is 5.82. The summed E-state index contributed by atoms with van der Waals surface area (Å²) < 4.78 is 54.4. The lowest BCUT2D eigenvalue weighted by Gasteiger charge is -2.08. The molecule has 192 valence electrons. The second-order valence-electron chi connectivity index (χ2n) is 8.28. The lowest BCUT2D eigenvalue weighted by Crippen LogP contribution is -2.06. The van der Waals surface area contributed by atoms with Gasteiger partial charge in [0.05, 0.1) is 30.5 Å². The maximum atomic E-state index is 12.8. The Labute approximate surface area is 206 Å². The molecule has 0 saturated heterocycles. The first-order valence-electron chi connectivity index (χ1n) is 11.8. The van der Waals surface area contributed by atoms with E-state index in [0.29, 0.717) is 30.0 Å². The highest BCUT2D eigenvalue weighted by Gasteiger charge is 2.30. The summed E-state index contributed by atoms with van der Waals surface area (Å²) in [5.74, 6) is -0.0103. The van der Waals surface area contributed by atoms with Gasteiger partial charge in [0, 0.05) is 17.5 Å². The van der Waals surface area contributed by atoms with Crippen molar-refractivity contribution in [3.8, 4) is 17.0 Å².